The molecule has 1 heteroatoms. The normalized spacial score (nSPS) is 11.7. The molecule has 0 fully saturated rings. The van der Waals surface area contributed by atoms with E-state index in [0.717, 1.165) is 17.1 Å². The van der Waals surface area contributed by atoms with E-state index in [1.165, 1.54) is 66.8 Å². The molecule has 0 aromatic heterocycles. The predicted octanol–water partition coefficient (Wildman–Crippen LogP) is 18.3. The molecule has 76 heavy (non-hydrogen) atoms. The Hall–Kier alpha value is -9.56. The van der Waals surface area contributed by atoms with Crippen LogP contribution in [0.15, 0.2) is 346 Å². The van der Waals surface area contributed by atoms with Crippen molar-refractivity contribution < 1.29 is 0 Å². The van der Waals surface area contributed by atoms with Crippen LogP contribution in [0.2, 0.25) is 0 Å². The second-order valence-electron chi connectivity index (χ2n) is 19.5. The third-order valence-electron chi connectivity index (χ3n) is 15.5. The third kappa shape index (κ3) is 8.33. The molecule has 0 radical (unpaired) electrons. The lowest BCUT2D eigenvalue weighted by molar-refractivity contribution is 0.744. The molecule has 12 aromatic rings. The summed E-state index contributed by atoms with van der Waals surface area (Å²) in [4.78, 5) is 2.41. The first-order chi connectivity index (χ1) is 37.7. The van der Waals surface area contributed by atoms with E-state index in [0.29, 0.717) is 0 Å². The van der Waals surface area contributed by atoms with Crippen molar-refractivity contribution >= 4 is 17.1 Å². The van der Waals surface area contributed by atoms with Gasteiger partial charge in [-0.05, 0) is 103 Å². The number of rotatable bonds is 15. The van der Waals surface area contributed by atoms with Gasteiger partial charge in [0.1, 0.15) is 0 Å². The largest absolute Gasteiger partial charge is 0.311 e. The van der Waals surface area contributed by atoms with Crippen molar-refractivity contribution in [1.82, 2.24) is 0 Å². The lowest BCUT2D eigenvalue weighted by atomic mass is 9.65. The van der Waals surface area contributed by atoms with Crippen molar-refractivity contribution in [3.05, 3.63) is 413 Å². The van der Waals surface area contributed by atoms with Gasteiger partial charge in [-0.3, -0.25) is 0 Å². The monoisotopic (exact) mass is 971 g/mol. The fraction of sp³-hybridized carbons (Fsp3) is 0.0400. The van der Waals surface area contributed by atoms with Gasteiger partial charge in [-0.2, -0.15) is 0 Å². The van der Waals surface area contributed by atoms with Crippen molar-refractivity contribution in [3.63, 3.8) is 0 Å². The maximum absolute atomic E-state index is 2.41. The van der Waals surface area contributed by atoms with Crippen molar-refractivity contribution in [2.75, 3.05) is 4.90 Å². The molecule has 0 aliphatic heterocycles. The van der Waals surface area contributed by atoms with Crippen LogP contribution in [0.1, 0.15) is 66.8 Å². The van der Waals surface area contributed by atoms with Crippen LogP contribution in [-0.2, 0) is 16.2 Å². The molecular weight excluding hydrogens is 915 g/mol. The molecular formula is C75H57N. The molecule has 1 nitrogen and oxygen atoms in total. The van der Waals surface area contributed by atoms with Gasteiger partial charge in [0.2, 0.25) is 0 Å². The molecule has 0 saturated heterocycles. The Morgan fingerprint density at radius 2 is 0.250 bits per heavy atom. The minimum Gasteiger partial charge on any atom is -0.311 e. The standard InChI is InChI=1S/C75H57N/c1-10-28-58(29-11-1)73(59-30-12-2-13-31-59,60-32-14-3-15-33-60)67-46-52-70(53-47-67)76(71-54-48-68(49-55-71)74(61-34-16-4-17-35-61,62-36-18-5-19-37-62)63-38-20-6-21-39-63)72-56-50-69(51-57-72)75(64-40-22-7-23-41-64,65-42-24-8-25-43-65)66-44-26-9-27-45-66/h1-57H. The van der Waals surface area contributed by atoms with E-state index in [9.17, 15) is 0 Å². The Labute approximate surface area is 448 Å². The fourth-order valence-corrected chi connectivity index (χ4v) is 12.2. The molecule has 12 rings (SSSR count). The zero-order valence-electron chi connectivity index (χ0n) is 42.4. The Bertz CT molecular complexity index is 3030. The summed E-state index contributed by atoms with van der Waals surface area (Å²) in [6.07, 6.45) is 0. The Balaban J connectivity index is 1.06. The smallest absolute Gasteiger partial charge is 0.0701 e. The molecule has 0 aliphatic rings. The highest BCUT2D eigenvalue weighted by molar-refractivity contribution is 5.79. The molecule has 0 unspecified atom stereocenters. The number of nitrogens with zero attached hydrogens (tertiary/aromatic N) is 1. The van der Waals surface area contributed by atoms with Crippen LogP contribution in [0, 0.1) is 0 Å². The molecule has 0 amide bonds. The third-order valence-corrected chi connectivity index (χ3v) is 15.5. The maximum atomic E-state index is 2.41. The number of hydrogen-bond donors (Lipinski definition) is 0. The van der Waals surface area contributed by atoms with Gasteiger partial charge in [0.25, 0.3) is 0 Å². The molecule has 362 valence electrons. The molecule has 0 heterocycles. The van der Waals surface area contributed by atoms with Gasteiger partial charge in [-0.15, -0.1) is 0 Å². The lowest BCUT2D eigenvalue weighted by Crippen LogP contribution is -2.31. The van der Waals surface area contributed by atoms with Crippen LogP contribution in [0.5, 0.6) is 0 Å². The van der Waals surface area contributed by atoms with Gasteiger partial charge in [0, 0.05) is 17.1 Å². The molecule has 0 saturated carbocycles. The zero-order valence-corrected chi connectivity index (χ0v) is 42.4. The first-order valence-electron chi connectivity index (χ1n) is 26.3. The maximum Gasteiger partial charge on any atom is 0.0701 e. The molecule has 0 bridgehead atoms. The lowest BCUT2D eigenvalue weighted by Gasteiger charge is -2.38. The quantitative estimate of drug-likeness (QED) is 0.0926. The van der Waals surface area contributed by atoms with E-state index in [-0.39, 0.29) is 0 Å². The second kappa shape index (κ2) is 21.1. The summed E-state index contributed by atoms with van der Waals surface area (Å²) in [5.74, 6) is 0. The van der Waals surface area contributed by atoms with Crippen molar-refractivity contribution in [3.8, 4) is 0 Å². The van der Waals surface area contributed by atoms with Gasteiger partial charge in [-0.25, -0.2) is 0 Å². The van der Waals surface area contributed by atoms with E-state index < -0.39 is 16.2 Å². The first-order valence-corrected chi connectivity index (χ1v) is 26.3. The Morgan fingerprint density at radius 1 is 0.132 bits per heavy atom. The predicted molar refractivity (Wildman–Crippen MR) is 316 cm³/mol. The molecule has 0 aliphatic carbocycles. The molecule has 0 N–H and O–H groups in total. The highest BCUT2D eigenvalue weighted by Gasteiger charge is 2.41. The van der Waals surface area contributed by atoms with Crippen LogP contribution in [0.3, 0.4) is 0 Å². The summed E-state index contributed by atoms with van der Waals surface area (Å²) in [5.41, 5.74) is 15.8. The topological polar surface area (TPSA) is 3.24 Å². The van der Waals surface area contributed by atoms with Crippen molar-refractivity contribution in [2.24, 2.45) is 0 Å². The highest BCUT2D eigenvalue weighted by atomic mass is 15.1. The summed E-state index contributed by atoms with van der Waals surface area (Å²) in [7, 11) is 0. The van der Waals surface area contributed by atoms with E-state index in [1.807, 2.05) is 0 Å². The highest BCUT2D eigenvalue weighted by Crippen LogP contribution is 2.50. The second-order valence-corrected chi connectivity index (χ2v) is 19.5. The minimum absolute atomic E-state index is 0.582. The molecule has 0 spiro atoms. The summed E-state index contributed by atoms with van der Waals surface area (Å²) in [6, 6.07) is 127. The average molecular weight is 972 g/mol. The Morgan fingerprint density at radius 3 is 0.382 bits per heavy atom. The van der Waals surface area contributed by atoms with Crippen LogP contribution in [-0.4, -0.2) is 0 Å². The summed E-state index contributed by atoms with van der Waals surface area (Å²) >= 11 is 0. The van der Waals surface area contributed by atoms with Crippen LogP contribution >= 0.6 is 0 Å². The average Bonchev–Trinajstić information content (AvgIpc) is 3.54. The van der Waals surface area contributed by atoms with Crippen LogP contribution in [0.25, 0.3) is 0 Å². The van der Waals surface area contributed by atoms with Crippen LogP contribution in [0.4, 0.5) is 17.1 Å². The molecule has 12 aromatic carbocycles. The van der Waals surface area contributed by atoms with Crippen molar-refractivity contribution in [2.45, 2.75) is 16.2 Å². The van der Waals surface area contributed by atoms with Crippen molar-refractivity contribution in [1.29, 1.82) is 0 Å². The van der Waals surface area contributed by atoms with E-state index >= 15 is 0 Å². The van der Waals surface area contributed by atoms with E-state index in [4.69, 9.17) is 0 Å². The zero-order chi connectivity index (χ0) is 51.0. The van der Waals surface area contributed by atoms with E-state index in [1.54, 1.807) is 0 Å². The van der Waals surface area contributed by atoms with Gasteiger partial charge < -0.3 is 4.90 Å². The van der Waals surface area contributed by atoms with Gasteiger partial charge in [0.05, 0.1) is 16.2 Å². The number of anilines is 3. The first kappa shape index (κ1) is 47.4. The minimum atomic E-state index is -0.582. The summed E-state index contributed by atoms with van der Waals surface area (Å²) < 4.78 is 0. The van der Waals surface area contributed by atoms with E-state index in [2.05, 4.69) is 351 Å². The van der Waals surface area contributed by atoms with Gasteiger partial charge in [0.15, 0.2) is 0 Å². The number of hydrogen-bond acceptors (Lipinski definition) is 1. The van der Waals surface area contributed by atoms with Gasteiger partial charge >= 0.3 is 0 Å². The molecule has 0 atom stereocenters. The Kier molecular flexibility index (Phi) is 13.2. The summed E-state index contributed by atoms with van der Waals surface area (Å²) in [6.45, 7) is 0. The van der Waals surface area contributed by atoms with Gasteiger partial charge in [-0.1, -0.05) is 309 Å². The van der Waals surface area contributed by atoms with Crippen LogP contribution < -0.4 is 4.90 Å². The fourth-order valence-electron chi connectivity index (χ4n) is 12.2. The summed E-state index contributed by atoms with van der Waals surface area (Å²) in [5, 5.41) is 0. The number of benzene rings is 12. The SMILES string of the molecule is c1ccc(C(c2ccccc2)(c2ccccc2)c2ccc(N(c3ccc(C(c4ccccc4)(c4ccccc4)c4ccccc4)cc3)c3ccc(C(c4ccccc4)(c4ccccc4)c4ccccc4)cc3)cc2)cc1.